The van der Waals surface area contributed by atoms with Crippen LogP contribution in [0.5, 0.6) is 0 Å². The second-order valence-electron chi connectivity index (χ2n) is 12.6. The van der Waals surface area contributed by atoms with Crippen molar-refractivity contribution in [3.05, 3.63) is 12.2 Å². The van der Waals surface area contributed by atoms with Gasteiger partial charge >= 0.3 is 0 Å². The molecule has 4 aliphatic rings. The van der Waals surface area contributed by atoms with Gasteiger partial charge in [0.1, 0.15) is 5.78 Å². The molecule has 0 aromatic rings. The summed E-state index contributed by atoms with van der Waals surface area (Å²) in [7, 11) is 0. The first-order chi connectivity index (χ1) is 14.1. The van der Waals surface area contributed by atoms with Crippen LogP contribution < -0.4 is 0 Å². The minimum Gasteiger partial charge on any atom is -0.393 e. The molecule has 0 aromatic carbocycles. The van der Waals surface area contributed by atoms with Gasteiger partial charge < -0.3 is 5.11 Å². The molecule has 30 heavy (non-hydrogen) atoms. The van der Waals surface area contributed by atoms with Crippen LogP contribution in [0.1, 0.15) is 92.9 Å². The highest BCUT2D eigenvalue weighted by Crippen LogP contribution is 2.67. The van der Waals surface area contributed by atoms with Gasteiger partial charge in [0, 0.05) is 12.3 Å². The Hall–Kier alpha value is -0.630. The molecule has 2 nitrogen and oxygen atoms in total. The van der Waals surface area contributed by atoms with Crippen molar-refractivity contribution in [1.29, 1.82) is 0 Å². The molecule has 0 spiro atoms. The molecule has 4 saturated carbocycles. The summed E-state index contributed by atoms with van der Waals surface area (Å²) in [5, 5.41) is 10.2. The van der Waals surface area contributed by atoms with Crippen molar-refractivity contribution in [1.82, 2.24) is 0 Å². The molecule has 2 heteroatoms. The Kier molecular flexibility index (Phi) is 6.06. The van der Waals surface area contributed by atoms with Crippen molar-refractivity contribution >= 4 is 5.78 Å². The molecule has 0 aromatic heterocycles. The number of fused-ring (bicyclic) bond motifs is 5. The van der Waals surface area contributed by atoms with Gasteiger partial charge in [-0.05, 0) is 97.2 Å². The van der Waals surface area contributed by atoms with Crippen LogP contribution in [0, 0.1) is 58.2 Å². The minimum atomic E-state index is -0.255. The van der Waals surface area contributed by atoms with Gasteiger partial charge in [-0.3, -0.25) is 4.79 Å². The summed E-state index contributed by atoms with van der Waals surface area (Å²) in [6.07, 6.45) is 13.4. The minimum absolute atomic E-state index is 0.114. The molecule has 170 valence electrons. The summed E-state index contributed by atoms with van der Waals surface area (Å²) < 4.78 is 0. The normalized spacial score (nSPS) is 48.3. The van der Waals surface area contributed by atoms with E-state index in [1.807, 2.05) is 0 Å². The van der Waals surface area contributed by atoms with Crippen molar-refractivity contribution < 1.29 is 9.90 Å². The third-order valence-corrected chi connectivity index (χ3v) is 10.9. The molecule has 4 fully saturated rings. The second kappa shape index (κ2) is 8.05. The van der Waals surface area contributed by atoms with E-state index >= 15 is 0 Å². The first kappa shape index (κ1) is 22.6. The molecule has 1 N–H and O–H groups in total. The zero-order valence-electron chi connectivity index (χ0n) is 20.4. The highest BCUT2D eigenvalue weighted by atomic mass is 16.3. The molecule has 1 unspecified atom stereocenters. The van der Waals surface area contributed by atoms with Crippen LogP contribution in [0.15, 0.2) is 12.2 Å². The SMILES string of the molecule is CC(C)C(C)/C=C\[C@@H](C)[C@H]1CC[C@H]2[C@@H]3CC(=O)[C@H]4C[C@H](O)CC[C@]4(C)[C@H]3CC[C@]12C. The predicted octanol–water partition coefficient (Wildman–Crippen LogP) is 6.67. The van der Waals surface area contributed by atoms with E-state index in [0.29, 0.717) is 46.7 Å². The van der Waals surface area contributed by atoms with Crippen LogP contribution in [0.3, 0.4) is 0 Å². The monoisotopic (exact) mass is 414 g/mol. The lowest BCUT2D eigenvalue weighted by atomic mass is 9.44. The van der Waals surface area contributed by atoms with Crippen LogP contribution in [-0.4, -0.2) is 17.0 Å². The summed E-state index contributed by atoms with van der Waals surface area (Å²) in [5.41, 5.74) is 0.528. The number of ketones is 1. The lowest BCUT2D eigenvalue weighted by molar-refractivity contribution is -0.159. The number of aliphatic hydroxyl groups excluding tert-OH is 1. The number of carbonyl (C=O) groups excluding carboxylic acids is 1. The van der Waals surface area contributed by atoms with E-state index in [1.165, 1.54) is 25.7 Å². The lowest BCUT2D eigenvalue weighted by Gasteiger charge is -2.60. The molecule has 0 saturated heterocycles. The van der Waals surface area contributed by atoms with Crippen molar-refractivity contribution in [2.45, 2.75) is 99.0 Å². The van der Waals surface area contributed by atoms with Crippen LogP contribution in [0.4, 0.5) is 0 Å². The van der Waals surface area contributed by atoms with Gasteiger partial charge in [-0.1, -0.05) is 53.7 Å². The zero-order chi connectivity index (χ0) is 21.8. The van der Waals surface area contributed by atoms with E-state index in [9.17, 15) is 9.90 Å². The lowest BCUT2D eigenvalue weighted by Crippen LogP contribution is -2.57. The highest BCUT2D eigenvalue weighted by molar-refractivity contribution is 5.83. The quantitative estimate of drug-likeness (QED) is 0.522. The molecule has 0 amide bonds. The molecule has 4 rings (SSSR count). The van der Waals surface area contributed by atoms with E-state index in [2.05, 4.69) is 53.7 Å². The Morgan fingerprint density at radius 2 is 1.60 bits per heavy atom. The van der Waals surface area contributed by atoms with Gasteiger partial charge in [-0.15, -0.1) is 0 Å². The van der Waals surface area contributed by atoms with E-state index in [0.717, 1.165) is 31.6 Å². The van der Waals surface area contributed by atoms with E-state index < -0.39 is 0 Å². The van der Waals surface area contributed by atoms with Crippen molar-refractivity contribution in [3.8, 4) is 0 Å². The number of allylic oxidation sites excluding steroid dienone is 2. The second-order valence-corrected chi connectivity index (χ2v) is 12.6. The topological polar surface area (TPSA) is 37.3 Å². The Bertz CT molecular complexity index is 680. The fraction of sp³-hybridized carbons (Fsp3) is 0.893. The summed E-state index contributed by atoms with van der Waals surface area (Å²) in [6.45, 7) is 14.4. The average Bonchev–Trinajstić information content (AvgIpc) is 3.04. The number of hydrogen-bond donors (Lipinski definition) is 1. The fourth-order valence-electron chi connectivity index (χ4n) is 8.63. The van der Waals surface area contributed by atoms with Gasteiger partial charge in [0.2, 0.25) is 0 Å². The van der Waals surface area contributed by atoms with Crippen LogP contribution in [-0.2, 0) is 4.79 Å². The highest BCUT2D eigenvalue weighted by Gasteiger charge is 2.62. The standard InChI is InChI=1S/C28H46O2/c1-17(2)18(3)7-8-19(4)22-9-10-23-21-16-26(30)25-15-20(29)11-13-28(25,6)24(21)12-14-27(22,23)5/h7-8,17-25,29H,9-16H2,1-6H3/b8-7-/t18?,19-,20-,21+,22-,23+,24+,25-,27-,28-/m1/s1. The number of aliphatic hydroxyl groups is 1. The molecular formula is C28H46O2. The Balaban J connectivity index is 1.54. The Morgan fingerprint density at radius 3 is 2.30 bits per heavy atom. The number of carbonyl (C=O) groups is 1. The first-order valence-electron chi connectivity index (χ1n) is 13.0. The molecule has 4 aliphatic carbocycles. The van der Waals surface area contributed by atoms with Crippen molar-refractivity contribution in [2.24, 2.45) is 58.2 Å². The van der Waals surface area contributed by atoms with Gasteiger partial charge in [0.05, 0.1) is 6.10 Å². The van der Waals surface area contributed by atoms with Crippen molar-refractivity contribution in [3.63, 3.8) is 0 Å². The number of rotatable bonds is 4. The van der Waals surface area contributed by atoms with Crippen LogP contribution in [0.2, 0.25) is 0 Å². The van der Waals surface area contributed by atoms with Crippen LogP contribution >= 0.6 is 0 Å². The van der Waals surface area contributed by atoms with Gasteiger partial charge in [0.15, 0.2) is 0 Å². The molecular weight excluding hydrogens is 368 g/mol. The third kappa shape index (κ3) is 3.54. The molecule has 0 aliphatic heterocycles. The average molecular weight is 415 g/mol. The third-order valence-electron chi connectivity index (χ3n) is 10.9. The van der Waals surface area contributed by atoms with Crippen LogP contribution in [0.25, 0.3) is 0 Å². The Morgan fingerprint density at radius 1 is 0.933 bits per heavy atom. The smallest absolute Gasteiger partial charge is 0.136 e. The maximum atomic E-state index is 13.3. The zero-order valence-corrected chi connectivity index (χ0v) is 20.4. The summed E-state index contributed by atoms with van der Waals surface area (Å²) in [4.78, 5) is 13.3. The maximum absolute atomic E-state index is 13.3. The van der Waals surface area contributed by atoms with E-state index in [4.69, 9.17) is 0 Å². The van der Waals surface area contributed by atoms with Gasteiger partial charge in [-0.2, -0.15) is 0 Å². The fourth-order valence-corrected chi connectivity index (χ4v) is 8.63. The van der Waals surface area contributed by atoms with Gasteiger partial charge in [-0.25, -0.2) is 0 Å². The molecule has 0 radical (unpaired) electrons. The van der Waals surface area contributed by atoms with Gasteiger partial charge in [0.25, 0.3) is 0 Å². The first-order valence-corrected chi connectivity index (χ1v) is 13.0. The largest absolute Gasteiger partial charge is 0.393 e. The van der Waals surface area contributed by atoms with E-state index in [1.54, 1.807) is 0 Å². The Labute approximate surface area is 185 Å². The number of Topliss-reactive ketones (excluding diaryl/α,β-unsaturated/α-hetero) is 1. The molecule has 10 atom stereocenters. The predicted molar refractivity (Wildman–Crippen MR) is 124 cm³/mol. The maximum Gasteiger partial charge on any atom is 0.136 e. The van der Waals surface area contributed by atoms with Crippen molar-refractivity contribution in [2.75, 3.05) is 0 Å². The molecule has 0 bridgehead atoms. The van der Waals surface area contributed by atoms with E-state index in [-0.39, 0.29) is 17.4 Å². The summed E-state index contributed by atoms with van der Waals surface area (Å²) in [6, 6.07) is 0. The number of hydrogen-bond acceptors (Lipinski definition) is 2. The summed E-state index contributed by atoms with van der Waals surface area (Å²) >= 11 is 0. The molecule has 0 heterocycles. The summed E-state index contributed by atoms with van der Waals surface area (Å²) in [5.74, 6) is 5.31.